The van der Waals surface area contributed by atoms with Crippen LogP contribution in [0, 0.1) is 0 Å². The number of nitrogens with two attached hydrogens (primary N) is 2. The van der Waals surface area contributed by atoms with Crippen LogP contribution in [0.15, 0.2) is 42.7 Å². The van der Waals surface area contributed by atoms with Crippen molar-refractivity contribution in [2.45, 2.75) is 0 Å². The Balaban J connectivity index is 2.63. The molecule has 0 aliphatic rings. The van der Waals surface area contributed by atoms with Crippen molar-refractivity contribution in [1.82, 2.24) is 4.98 Å². The highest BCUT2D eigenvalue weighted by atomic mass is 14.7. The largest absolute Gasteiger partial charge is 0.397 e. The summed E-state index contributed by atoms with van der Waals surface area (Å²) in [6.45, 7) is 0. The van der Waals surface area contributed by atoms with Gasteiger partial charge in [0.1, 0.15) is 0 Å². The Morgan fingerprint density at radius 2 is 1.43 bits per heavy atom. The predicted molar refractivity (Wildman–Crippen MR) is 58.5 cm³/mol. The standard InChI is InChI=1S/C11H11N3/c12-9-6-14-7-10(13)11(9)8-4-2-1-3-5-8/h1-7H,12-13H2. The second kappa shape index (κ2) is 3.38. The van der Waals surface area contributed by atoms with Gasteiger partial charge in [-0.3, -0.25) is 4.98 Å². The maximum absolute atomic E-state index is 5.81. The van der Waals surface area contributed by atoms with Crippen molar-refractivity contribution in [1.29, 1.82) is 0 Å². The van der Waals surface area contributed by atoms with Crippen molar-refractivity contribution in [3.63, 3.8) is 0 Å². The van der Waals surface area contributed by atoms with E-state index in [0.29, 0.717) is 11.4 Å². The SMILES string of the molecule is Nc1cncc(N)c1-c1ccccc1. The molecule has 1 aromatic carbocycles. The average molecular weight is 185 g/mol. The average Bonchev–Trinajstić information content (AvgIpc) is 2.19. The van der Waals surface area contributed by atoms with Crippen molar-refractivity contribution < 1.29 is 0 Å². The molecule has 4 N–H and O–H groups in total. The molecular weight excluding hydrogens is 174 g/mol. The zero-order chi connectivity index (χ0) is 9.97. The van der Waals surface area contributed by atoms with Gasteiger partial charge in [-0.25, -0.2) is 0 Å². The number of pyridine rings is 1. The summed E-state index contributed by atoms with van der Waals surface area (Å²) >= 11 is 0. The Hall–Kier alpha value is -2.03. The second-order valence-electron chi connectivity index (χ2n) is 3.06. The van der Waals surface area contributed by atoms with Gasteiger partial charge in [0, 0.05) is 5.56 Å². The van der Waals surface area contributed by atoms with Gasteiger partial charge in [-0.05, 0) is 5.56 Å². The molecule has 0 radical (unpaired) electrons. The number of anilines is 2. The molecule has 0 amide bonds. The minimum atomic E-state index is 0.608. The first kappa shape index (κ1) is 8.56. The zero-order valence-electron chi connectivity index (χ0n) is 7.64. The number of benzene rings is 1. The molecule has 70 valence electrons. The van der Waals surface area contributed by atoms with E-state index in [1.165, 1.54) is 0 Å². The maximum Gasteiger partial charge on any atom is 0.0601 e. The number of nitrogen functional groups attached to an aromatic ring is 2. The normalized spacial score (nSPS) is 10.0. The van der Waals surface area contributed by atoms with E-state index in [2.05, 4.69) is 4.98 Å². The van der Waals surface area contributed by atoms with Crippen molar-refractivity contribution in [2.24, 2.45) is 0 Å². The van der Waals surface area contributed by atoms with Crippen LogP contribution in [0.5, 0.6) is 0 Å². The molecular formula is C11H11N3. The quantitative estimate of drug-likeness (QED) is 0.713. The molecule has 0 saturated carbocycles. The third kappa shape index (κ3) is 1.40. The molecule has 1 aromatic heterocycles. The molecule has 0 saturated heterocycles. The first-order chi connectivity index (χ1) is 6.79. The minimum absolute atomic E-state index is 0.608. The van der Waals surface area contributed by atoms with Gasteiger partial charge in [-0.1, -0.05) is 30.3 Å². The number of hydrogen-bond donors (Lipinski definition) is 2. The van der Waals surface area contributed by atoms with Gasteiger partial charge in [-0.15, -0.1) is 0 Å². The van der Waals surface area contributed by atoms with Crippen LogP contribution in [0.3, 0.4) is 0 Å². The van der Waals surface area contributed by atoms with Gasteiger partial charge >= 0.3 is 0 Å². The molecule has 2 aromatic rings. The summed E-state index contributed by atoms with van der Waals surface area (Å²) in [6, 6.07) is 9.81. The van der Waals surface area contributed by atoms with Crippen LogP contribution < -0.4 is 11.5 Å². The third-order valence-electron chi connectivity index (χ3n) is 2.07. The molecule has 0 aliphatic carbocycles. The molecule has 0 fully saturated rings. The van der Waals surface area contributed by atoms with Gasteiger partial charge in [0.15, 0.2) is 0 Å². The Bertz CT molecular complexity index is 417. The summed E-state index contributed by atoms with van der Waals surface area (Å²) in [6.07, 6.45) is 3.22. The Morgan fingerprint density at radius 3 is 2.00 bits per heavy atom. The van der Waals surface area contributed by atoms with E-state index in [9.17, 15) is 0 Å². The van der Waals surface area contributed by atoms with Crippen molar-refractivity contribution in [3.05, 3.63) is 42.7 Å². The lowest BCUT2D eigenvalue weighted by Gasteiger charge is -2.07. The Labute approximate surface area is 82.4 Å². The lowest BCUT2D eigenvalue weighted by Crippen LogP contribution is -1.97. The van der Waals surface area contributed by atoms with Crippen LogP contribution in [0.4, 0.5) is 11.4 Å². The van der Waals surface area contributed by atoms with E-state index in [0.717, 1.165) is 11.1 Å². The van der Waals surface area contributed by atoms with E-state index in [-0.39, 0.29) is 0 Å². The first-order valence-corrected chi connectivity index (χ1v) is 4.33. The monoisotopic (exact) mass is 185 g/mol. The van der Waals surface area contributed by atoms with Gasteiger partial charge in [0.25, 0.3) is 0 Å². The molecule has 0 aliphatic heterocycles. The topological polar surface area (TPSA) is 64.9 Å². The van der Waals surface area contributed by atoms with Crippen LogP contribution in [-0.2, 0) is 0 Å². The van der Waals surface area contributed by atoms with E-state index in [1.54, 1.807) is 12.4 Å². The molecule has 3 heteroatoms. The summed E-state index contributed by atoms with van der Waals surface area (Å²) in [5, 5.41) is 0. The maximum atomic E-state index is 5.81. The second-order valence-corrected chi connectivity index (χ2v) is 3.06. The molecule has 0 spiro atoms. The zero-order valence-corrected chi connectivity index (χ0v) is 7.64. The number of hydrogen-bond acceptors (Lipinski definition) is 3. The summed E-state index contributed by atoms with van der Waals surface area (Å²) in [5.41, 5.74) is 14.7. The van der Waals surface area contributed by atoms with E-state index in [4.69, 9.17) is 11.5 Å². The fourth-order valence-electron chi connectivity index (χ4n) is 1.43. The number of aromatic nitrogens is 1. The van der Waals surface area contributed by atoms with Crippen molar-refractivity contribution in [2.75, 3.05) is 11.5 Å². The van der Waals surface area contributed by atoms with E-state index >= 15 is 0 Å². The molecule has 0 bridgehead atoms. The van der Waals surface area contributed by atoms with Crippen LogP contribution in [-0.4, -0.2) is 4.98 Å². The lowest BCUT2D eigenvalue weighted by atomic mass is 10.0. The van der Waals surface area contributed by atoms with E-state index in [1.807, 2.05) is 30.3 Å². The minimum Gasteiger partial charge on any atom is -0.397 e. The molecule has 2 rings (SSSR count). The summed E-state index contributed by atoms with van der Waals surface area (Å²) < 4.78 is 0. The molecule has 0 unspecified atom stereocenters. The van der Waals surface area contributed by atoms with Gasteiger partial charge in [0.2, 0.25) is 0 Å². The first-order valence-electron chi connectivity index (χ1n) is 4.33. The molecule has 3 nitrogen and oxygen atoms in total. The van der Waals surface area contributed by atoms with Crippen LogP contribution in [0.2, 0.25) is 0 Å². The van der Waals surface area contributed by atoms with Crippen molar-refractivity contribution >= 4 is 11.4 Å². The highest BCUT2D eigenvalue weighted by Gasteiger charge is 2.05. The molecule has 1 heterocycles. The highest BCUT2D eigenvalue weighted by molar-refractivity contribution is 5.85. The lowest BCUT2D eigenvalue weighted by molar-refractivity contribution is 1.33. The number of nitrogens with zero attached hydrogens (tertiary/aromatic N) is 1. The Kier molecular flexibility index (Phi) is 2.07. The number of rotatable bonds is 1. The molecule has 0 atom stereocenters. The van der Waals surface area contributed by atoms with Gasteiger partial charge in [0.05, 0.1) is 23.8 Å². The van der Waals surface area contributed by atoms with Crippen LogP contribution >= 0.6 is 0 Å². The van der Waals surface area contributed by atoms with Gasteiger partial charge < -0.3 is 11.5 Å². The molecule has 14 heavy (non-hydrogen) atoms. The van der Waals surface area contributed by atoms with Crippen LogP contribution in [0.1, 0.15) is 0 Å². The highest BCUT2D eigenvalue weighted by Crippen LogP contribution is 2.29. The summed E-state index contributed by atoms with van der Waals surface area (Å²) in [7, 11) is 0. The summed E-state index contributed by atoms with van der Waals surface area (Å²) in [4.78, 5) is 3.92. The Morgan fingerprint density at radius 1 is 0.857 bits per heavy atom. The fourth-order valence-corrected chi connectivity index (χ4v) is 1.43. The fraction of sp³-hybridized carbons (Fsp3) is 0. The predicted octanol–water partition coefficient (Wildman–Crippen LogP) is 1.91. The van der Waals surface area contributed by atoms with Gasteiger partial charge in [-0.2, -0.15) is 0 Å². The summed E-state index contributed by atoms with van der Waals surface area (Å²) in [5.74, 6) is 0. The smallest absolute Gasteiger partial charge is 0.0601 e. The van der Waals surface area contributed by atoms with Crippen LogP contribution in [0.25, 0.3) is 11.1 Å². The van der Waals surface area contributed by atoms with E-state index < -0.39 is 0 Å². The van der Waals surface area contributed by atoms with Crippen molar-refractivity contribution in [3.8, 4) is 11.1 Å². The third-order valence-corrected chi connectivity index (χ3v) is 2.07.